The van der Waals surface area contributed by atoms with E-state index < -0.39 is 93.9 Å². The number of ether oxygens (including phenoxy) is 6. The molecular weight excluding hydrogens is 750 g/mol. The molecule has 1 fully saturated rings. The van der Waals surface area contributed by atoms with Crippen molar-refractivity contribution in [2.24, 2.45) is 5.41 Å². The minimum absolute atomic E-state index is 0.108. The summed E-state index contributed by atoms with van der Waals surface area (Å²) in [5.41, 5.74) is 0.108. The highest BCUT2D eigenvalue weighted by Crippen LogP contribution is 2.48. The molecule has 0 heterocycles. The summed E-state index contributed by atoms with van der Waals surface area (Å²) >= 11 is 0. The van der Waals surface area contributed by atoms with Crippen LogP contribution in [-0.4, -0.2) is 87.5 Å². The number of carbonyl (C=O) groups excluding carboxylic acids is 1. The van der Waals surface area contributed by atoms with Crippen LogP contribution in [0.25, 0.3) is 0 Å². The topological polar surface area (TPSA) is 72.5 Å². The van der Waals surface area contributed by atoms with Gasteiger partial charge >= 0.3 is 30.7 Å². The van der Waals surface area contributed by atoms with E-state index in [0.29, 0.717) is 13.5 Å². The molecule has 2 unspecified atom stereocenters. The maximum absolute atomic E-state index is 13.8. The third-order valence-electron chi connectivity index (χ3n) is 6.90. The zero-order chi connectivity index (χ0) is 40.9. The number of alkyl halides is 14. The monoisotopic (exact) mass is 792 g/mol. The highest BCUT2D eigenvalue weighted by molar-refractivity contribution is 5.75. The van der Waals surface area contributed by atoms with E-state index in [9.17, 15) is 66.3 Å². The Hall–Kier alpha value is -2.33. The molecule has 52 heavy (non-hydrogen) atoms. The van der Waals surface area contributed by atoms with Gasteiger partial charge in [0.15, 0.2) is 6.10 Å². The Balaban J connectivity index is 0.00000145. The van der Waals surface area contributed by atoms with Gasteiger partial charge in [0.25, 0.3) is 11.8 Å². The van der Waals surface area contributed by atoms with Gasteiger partial charge in [0, 0.05) is 26.4 Å². The van der Waals surface area contributed by atoms with Gasteiger partial charge in [-0.1, -0.05) is 25.2 Å². The number of allylic oxidation sites excluding steroid dienone is 3. The lowest BCUT2D eigenvalue weighted by molar-refractivity contribution is -0.518. The lowest BCUT2D eigenvalue weighted by Crippen LogP contribution is -2.62. The van der Waals surface area contributed by atoms with Gasteiger partial charge in [-0.25, -0.2) is 27.0 Å². The summed E-state index contributed by atoms with van der Waals surface area (Å²) in [6, 6.07) is 0. The lowest BCUT2D eigenvalue weighted by Gasteiger charge is -2.45. The number of ketones is 1. The number of hydrogen-bond donors (Lipinski definition) is 0. The van der Waals surface area contributed by atoms with E-state index in [1.54, 1.807) is 6.92 Å². The van der Waals surface area contributed by atoms with Crippen LogP contribution in [0.2, 0.25) is 0 Å². The summed E-state index contributed by atoms with van der Waals surface area (Å²) in [6.45, 7) is 7.13. The van der Waals surface area contributed by atoms with Crippen molar-refractivity contribution in [1.29, 1.82) is 0 Å². The second-order valence-electron chi connectivity index (χ2n) is 11.9. The fraction of sp³-hybridized carbons (Fsp3) is 0.774. The summed E-state index contributed by atoms with van der Waals surface area (Å²) in [6.07, 6.45) is -25.7. The third-order valence-corrected chi connectivity index (χ3v) is 6.90. The molecule has 306 valence electrons. The summed E-state index contributed by atoms with van der Waals surface area (Å²) in [7, 11) is 0.613. The van der Waals surface area contributed by atoms with Gasteiger partial charge in [-0.3, -0.25) is 0 Å². The zero-order valence-corrected chi connectivity index (χ0v) is 28.4. The van der Waals surface area contributed by atoms with Crippen LogP contribution in [0.3, 0.4) is 0 Å². The average Bonchev–Trinajstić information content (AvgIpc) is 2.93. The molecule has 0 aromatic heterocycles. The fourth-order valence-corrected chi connectivity index (χ4v) is 4.58. The van der Waals surface area contributed by atoms with E-state index in [1.165, 1.54) is 0 Å². The van der Waals surface area contributed by atoms with Crippen LogP contribution in [0.1, 0.15) is 65.2 Å². The van der Waals surface area contributed by atoms with Crippen LogP contribution >= 0.6 is 0 Å². The highest BCUT2D eigenvalue weighted by atomic mass is 19.3. The number of rotatable bonds is 26. The van der Waals surface area contributed by atoms with E-state index in [2.05, 4.69) is 48.2 Å². The van der Waals surface area contributed by atoms with Crippen molar-refractivity contribution in [1.82, 2.24) is 0 Å². The average molecular weight is 793 g/mol. The number of Topliss-reactive ketones (excluding diaryl/α,β-unsaturated/α-hetero) is 1. The first-order valence-electron chi connectivity index (χ1n) is 15.2. The maximum atomic E-state index is 13.8. The predicted molar refractivity (Wildman–Crippen MR) is 156 cm³/mol. The van der Waals surface area contributed by atoms with E-state index in [4.69, 9.17) is 0 Å². The van der Waals surface area contributed by atoms with Gasteiger partial charge in [-0.15, -0.1) is 28.5 Å². The van der Waals surface area contributed by atoms with Crippen molar-refractivity contribution < 1.29 is 94.7 Å². The molecule has 0 aromatic carbocycles. The summed E-state index contributed by atoms with van der Waals surface area (Å²) < 4.78 is 207. The third kappa shape index (κ3) is 19.1. The van der Waals surface area contributed by atoms with Gasteiger partial charge in [-0.2, -0.15) is 35.1 Å². The van der Waals surface area contributed by atoms with Crippen molar-refractivity contribution in [3.05, 3.63) is 38.0 Å². The molecule has 1 aliphatic rings. The molecule has 0 bridgehead atoms. The lowest BCUT2D eigenvalue weighted by atomic mass is 9.74. The normalized spacial score (nSPS) is 18.6. The first kappa shape index (κ1) is 49.7. The SMILES string of the molecule is C=CCC(CC=C)(CC=C)CCC(C)=O.CCC(F)(F)OC1CC(F)(F)C1OC(F)(F)CC(F)(F)COCC(F)(F)OC(F)(F)OC(F)(F)COC. The smallest absolute Gasteiger partial charge is 0.376 e. The molecule has 0 amide bonds. The van der Waals surface area contributed by atoms with Crippen molar-refractivity contribution in [2.45, 2.75) is 120 Å². The number of carbonyl (C=O) groups is 1. The summed E-state index contributed by atoms with van der Waals surface area (Å²) in [5, 5.41) is 0. The minimum atomic E-state index is -5.71. The first-order valence-corrected chi connectivity index (χ1v) is 15.2. The van der Waals surface area contributed by atoms with Gasteiger partial charge in [0.1, 0.15) is 38.1 Å². The second-order valence-corrected chi connectivity index (χ2v) is 11.9. The minimum Gasteiger partial charge on any atom is -0.376 e. The van der Waals surface area contributed by atoms with E-state index >= 15 is 0 Å². The number of hydrogen-bond acceptors (Lipinski definition) is 7. The van der Waals surface area contributed by atoms with Crippen molar-refractivity contribution in [2.75, 3.05) is 26.9 Å². The van der Waals surface area contributed by atoms with Crippen molar-refractivity contribution in [3.8, 4) is 0 Å². The Morgan fingerprint density at radius 2 is 1.23 bits per heavy atom. The van der Waals surface area contributed by atoms with Crippen LogP contribution in [0.5, 0.6) is 0 Å². The van der Waals surface area contributed by atoms with E-state index in [-0.39, 0.29) is 11.2 Å². The second kappa shape index (κ2) is 19.8. The molecule has 0 spiro atoms. The first-order chi connectivity index (χ1) is 23.5. The van der Waals surface area contributed by atoms with Gasteiger partial charge < -0.3 is 23.7 Å². The molecule has 1 rings (SSSR count). The van der Waals surface area contributed by atoms with Crippen LogP contribution in [0, 0.1) is 5.41 Å². The summed E-state index contributed by atoms with van der Waals surface area (Å²) in [4.78, 5) is 11.0. The molecule has 2 atom stereocenters. The highest BCUT2D eigenvalue weighted by Gasteiger charge is 2.64. The van der Waals surface area contributed by atoms with Gasteiger partial charge in [0.2, 0.25) is 0 Å². The zero-order valence-electron chi connectivity index (χ0n) is 28.4. The Morgan fingerprint density at radius 1 is 0.750 bits per heavy atom. The fourth-order valence-electron chi connectivity index (χ4n) is 4.58. The largest absolute Gasteiger partial charge is 0.495 e. The van der Waals surface area contributed by atoms with Crippen LogP contribution in [0.4, 0.5) is 61.5 Å². The Kier molecular flexibility index (Phi) is 18.9. The molecule has 0 radical (unpaired) electrons. The van der Waals surface area contributed by atoms with Crippen molar-refractivity contribution >= 4 is 5.78 Å². The van der Waals surface area contributed by atoms with Crippen LogP contribution in [0.15, 0.2) is 38.0 Å². The van der Waals surface area contributed by atoms with Gasteiger partial charge in [0.05, 0.1) is 0 Å². The Bertz CT molecular complexity index is 1110. The molecule has 0 aliphatic heterocycles. The molecular formula is C31H42F14O7. The number of halogens is 14. The standard InChI is InChI=1S/C17H20F14O6.C14H22O/c1-3-13(22,23)34-9-4-12(20,21)10(9)35-14(24,25)5-11(18,19)6-33-8-16(28,29)37-17(30,31)36-15(26,27)7-32-2;1-5-9-14(10-6-2,11-7-3)12-8-13(4)15/h9-10H,3-8H2,1-2H3;5-7H,1-3,8-12H2,4H3. The predicted octanol–water partition coefficient (Wildman–Crippen LogP) is 9.92. The molecule has 0 N–H and O–H groups in total. The molecule has 1 saturated carbocycles. The Labute approximate surface area is 291 Å². The van der Waals surface area contributed by atoms with Crippen LogP contribution < -0.4 is 0 Å². The Morgan fingerprint density at radius 3 is 1.63 bits per heavy atom. The molecule has 0 saturated heterocycles. The van der Waals surface area contributed by atoms with Crippen LogP contribution in [-0.2, 0) is 33.2 Å². The van der Waals surface area contributed by atoms with E-state index in [1.807, 2.05) is 18.2 Å². The molecule has 7 nitrogen and oxygen atoms in total. The molecule has 1 aliphatic carbocycles. The molecule has 0 aromatic rings. The number of methoxy groups -OCH3 is 1. The molecule has 21 heteroatoms. The maximum Gasteiger partial charge on any atom is 0.495 e. The van der Waals surface area contributed by atoms with Crippen molar-refractivity contribution in [3.63, 3.8) is 0 Å². The summed E-state index contributed by atoms with van der Waals surface area (Å²) in [5.74, 6) is -8.78. The van der Waals surface area contributed by atoms with E-state index in [0.717, 1.165) is 32.6 Å². The van der Waals surface area contributed by atoms with Gasteiger partial charge in [-0.05, 0) is 38.0 Å². The quantitative estimate of drug-likeness (QED) is 0.0491.